The molecule has 0 aliphatic heterocycles. The molecule has 1 heterocycles. The summed E-state index contributed by atoms with van der Waals surface area (Å²) in [5.74, 6) is 2.45. The van der Waals surface area contributed by atoms with Crippen LogP contribution in [0.4, 0.5) is 0 Å². The highest BCUT2D eigenvalue weighted by Crippen LogP contribution is 2.15. The molecule has 0 aliphatic carbocycles. The molecule has 0 spiro atoms. The Morgan fingerprint density at radius 3 is 2.36 bits per heavy atom. The third kappa shape index (κ3) is 7.94. The van der Waals surface area contributed by atoms with Gasteiger partial charge >= 0.3 is 0 Å². The smallest absolute Gasteiger partial charge is 0.191 e. The van der Waals surface area contributed by atoms with Crippen molar-refractivity contribution in [2.75, 3.05) is 27.7 Å². The Labute approximate surface area is 170 Å². The summed E-state index contributed by atoms with van der Waals surface area (Å²) in [4.78, 5) is 6.60. The highest BCUT2D eigenvalue weighted by molar-refractivity contribution is 14.0. The van der Waals surface area contributed by atoms with E-state index >= 15 is 0 Å². The monoisotopic (exact) mass is 465 g/mol. The maximum absolute atomic E-state index is 5.42. The summed E-state index contributed by atoms with van der Waals surface area (Å²) in [6.07, 6.45) is 2.89. The topological polar surface area (TPSA) is 65.7 Å². The Morgan fingerprint density at radius 2 is 1.88 bits per heavy atom. The van der Waals surface area contributed by atoms with Crippen molar-refractivity contribution in [2.45, 2.75) is 59.5 Å². The summed E-state index contributed by atoms with van der Waals surface area (Å²) >= 11 is 0. The molecule has 25 heavy (non-hydrogen) atoms. The average molecular weight is 465 g/mol. The van der Waals surface area contributed by atoms with E-state index in [1.54, 1.807) is 7.05 Å². The fourth-order valence-electron chi connectivity index (χ4n) is 2.77. The minimum atomic E-state index is 0. The number of halogens is 1. The molecule has 7 heteroatoms. The average Bonchev–Trinajstić information content (AvgIpc) is 2.95. The molecule has 146 valence electrons. The number of nitrogens with zero attached hydrogens (tertiary/aromatic N) is 3. The van der Waals surface area contributed by atoms with Crippen LogP contribution in [-0.4, -0.2) is 49.7 Å². The Balaban J connectivity index is 0.00000576. The number of rotatable bonds is 9. The zero-order valence-electron chi connectivity index (χ0n) is 16.8. The number of aliphatic imine (C=N–C) groups is 1. The van der Waals surface area contributed by atoms with Crippen molar-refractivity contribution >= 4 is 29.9 Å². The number of guanidine groups is 1. The van der Waals surface area contributed by atoms with Crippen LogP contribution in [0.2, 0.25) is 0 Å². The molecule has 0 saturated heterocycles. The lowest BCUT2D eigenvalue weighted by molar-refractivity contribution is 0.254. The molecule has 0 bridgehead atoms. The van der Waals surface area contributed by atoms with E-state index in [1.807, 2.05) is 0 Å². The second kappa shape index (κ2) is 12.5. The van der Waals surface area contributed by atoms with Gasteiger partial charge in [0.05, 0.1) is 5.69 Å². The van der Waals surface area contributed by atoms with E-state index in [0.717, 1.165) is 48.8 Å². The van der Waals surface area contributed by atoms with Crippen molar-refractivity contribution in [1.29, 1.82) is 0 Å². The summed E-state index contributed by atoms with van der Waals surface area (Å²) in [6.45, 7) is 10.3. The van der Waals surface area contributed by atoms with E-state index in [4.69, 9.17) is 4.52 Å². The first-order valence-corrected chi connectivity index (χ1v) is 9.00. The van der Waals surface area contributed by atoms with Crippen molar-refractivity contribution in [3.63, 3.8) is 0 Å². The number of hydrogen-bond acceptors (Lipinski definition) is 4. The fourth-order valence-corrected chi connectivity index (χ4v) is 2.77. The third-order valence-electron chi connectivity index (χ3n) is 4.24. The van der Waals surface area contributed by atoms with Gasteiger partial charge in [0.1, 0.15) is 5.76 Å². The van der Waals surface area contributed by atoms with Gasteiger partial charge < -0.3 is 20.1 Å². The van der Waals surface area contributed by atoms with Gasteiger partial charge in [-0.2, -0.15) is 0 Å². The SMILES string of the molecule is CCc1noc(CC)c1CNC(=NC)NCC(CC(C)C)N(C)C.I. The lowest BCUT2D eigenvalue weighted by Gasteiger charge is -2.27. The molecular formula is C18H36IN5O. The van der Waals surface area contributed by atoms with Gasteiger partial charge in [-0.05, 0) is 32.9 Å². The van der Waals surface area contributed by atoms with E-state index in [-0.39, 0.29) is 24.0 Å². The van der Waals surface area contributed by atoms with Crippen LogP contribution in [0.25, 0.3) is 0 Å². The maximum Gasteiger partial charge on any atom is 0.191 e. The standard InChI is InChI=1S/C18H35N5O.HI/c1-8-16-15(17(9-2)24-22-16)12-21-18(19-5)20-11-14(23(6)7)10-13(3)4;/h13-14H,8-12H2,1-7H3,(H2,19,20,21);1H. The second-order valence-corrected chi connectivity index (χ2v) is 6.79. The van der Waals surface area contributed by atoms with Crippen LogP contribution < -0.4 is 10.6 Å². The van der Waals surface area contributed by atoms with Gasteiger partial charge in [0.25, 0.3) is 0 Å². The highest BCUT2D eigenvalue weighted by Gasteiger charge is 2.16. The van der Waals surface area contributed by atoms with Gasteiger partial charge in [-0.3, -0.25) is 4.99 Å². The van der Waals surface area contributed by atoms with Gasteiger partial charge in [-0.25, -0.2) is 0 Å². The van der Waals surface area contributed by atoms with Crippen LogP contribution in [0.3, 0.4) is 0 Å². The van der Waals surface area contributed by atoms with Crippen molar-refractivity contribution in [3.8, 4) is 0 Å². The first-order chi connectivity index (χ1) is 11.4. The molecule has 0 aliphatic rings. The van der Waals surface area contributed by atoms with Crippen molar-refractivity contribution in [3.05, 3.63) is 17.0 Å². The van der Waals surface area contributed by atoms with Crippen LogP contribution in [-0.2, 0) is 19.4 Å². The predicted molar refractivity (Wildman–Crippen MR) is 116 cm³/mol. The van der Waals surface area contributed by atoms with Crippen LogP contribution in [0.1, 0.15) is 51.1 Å². The Morgan fingerprint density at radius 1 is 1.20 bits per heavy atom. The summed E-state index contributed by atoms with van der Waals surface area (Å²) < 4.78 is 5.42. The lowest BCUT2D eigenvalue weighted by Crippen LogP contribution is -2.45. The maximum atomic E-state index is 5.42. The van der Waals surface area contributed by atoms with Gasteiger partial charge in [0.15, 0.2) is 5.96 Å². The Kier molecular flexibility index (Phi) is 12.1. The summed E-state index contributed by atoms with van der Waals surface area (Å²) in [6, 6.07) is 0.483. The van der Waals surface area contributed by atoms with Crippen molar-refractivity contribution in [2.24, 2.45) is 10.9 Å². The second-order valence-electron chi connectivity index (χ2n) is 6.79. The Hall–Kier alpha value is -0.830. The van der Waals surface area contributed by atoms with E-state index in [2.05, 4.69) is 67.5 Å². The van der Waals surface area contributed by atoms with Crippen LogP contribution in [0, 0.1) is 5.92 Å². The fraction of sp³-hybridized carbons (Fsp3) is 0.778. The molecular weight excluding hydrogens is 429 g/mol. The van der Waals surface area contributed by atoms with Gasteiger partial charge in [0, 0.05) is 38.2 Å². The van der Waals surface area contributed by atoms with Crippen molar-refractivity contribution < 1.29 is 4.52 Å². The largest absolute Gasteiger partial charge is 0.361 e. The molecule has 1 aromatic heterocycles. The molecule has 0 aromatic carbocycles. The third-order valence-corrected chi connectivity index (χ3v) is 4.24. The number of nitrogens with one attached hydrogen (secondary N) is 2. The van der Waals surface area contributed by atoms with E-state index in [1.165, 1.54) is 0 Å². The molecule has 1 rings (SSSR count). The number of aryl methyl sites for hydroxylation is 2. The number of hydrogen-bond donors (Lipinski definition) is 2. The first-order valence-electron chi connectivity index (χ1n) is 9.00. The highest BCUT2D eigenvalue weighted by atomic mass is 127. The minimum absolute atomic E-state index is 0. The molecule has 6 nitrogen and oxygen atoms in total. The predicted octanol–water partition coefficient (Wildman–Crippen LogP) is 3.06. The van der Waals surface area contributed by atoms with Gasteiger partial charge in [-0.15, -0.1) is 24.0 Å². The summed E-state index contributed by atoms with van der Waals surface area (Å²) in [7, 11) is 6.06. The van der Waals surface area contributed by atoms with Crippen LogP contribution >= 0.6 is 24.0 Å². The Bertz CT molecular complexity index is 492. The van der Waals surface area contributed by atoms with E-state index in [0.29, 0.717) is 18.5 Å². The zero-order chi connectivity index (χ0) is 18.1. The first kappa shape index (κ1) is 24.2. The van der Waals surface area contributed by atoms with Crippen LogP contribution in [0.5, 0.6) is 0 Å². The normalized spacial score (nSPS) is 13.1. The summed E-state index contributed by atoms with van der Waals surface area (Å²) in [5, 5.41) is 11.0. The molecule has 1 aromatic rings. The molecule has 0 saturated carbocycles. The van der Waals surface area contributed by atoms with E-state index in [9.17, 15) is 0 Å². The molecule has 0 radical (unpaired) electrons. The molecule has 1 unspecified atom stereocenters. The zero-order valence-corrected chi connectivity index (χ0v) is 19.2. The lowest BCUT2D eigenvalue weighted by atomic mass is 10.0. The molecule has 0 amide bonds. The molecule has 0 fully saturated rings. The van der Waals surface area contributed by atoms with E-state index < -0.39 is 0 Å². The quantitative estimate of drug-likeness (QED) is 0.334. The van der Waals surface area contributed by atoms with Crippen LogP contribution in [0.15, 0.2) is 9.52 Å². The molecule has 2 N–H and O–H groups in total. The number of likely N-dealkylation sites (N-methyl/N-ethyl adjacent to an activating group) is 1. The minimum Gasteiger partial charge on any atom is -0.361 e. The molecule has 1 atom stereocenters. The van der Waals surface area contributed by atoms with Crippen molar-refractivity contribution in [1.82, 2.24) is 20.7 Å². The van der Waals surface area contributed by atoms with Gasteiger partial charge in [-0.1, -0.05) is 32.9 Å². The summed E-state index contributed by atoms with van der Waals surface area (Å²) in [5.41, 5.74) is 2.19. The number of aromatic nitrogens is 1. The van der Waals surface area contributed by atoms with Gasteiger partial charge in [0.2, 0.25) is 0 Å².